The molecule has 78 valence electrons. The Kier molecular flexibility index (Phi) is 6.87. The van der Waals surface area contributed by atoms with Gasteiger partial charge in [0.25, 0.3) is 0 Å². The first-order chi connectivity index (χ1) is 6.04. The first kappa shape index (κ1) is 12.6. The summed E-state index contributed by atoms with van der Waals surface area (Å²) < 4.78 is 5.41. The van der Waals surface area contributed by atoms with E-state index in [9.17, 15) is 4.79 Å². The summed E-state index contributed by atoms with van der Waals surface area (Å²) in [6, 6.07) is 0. The summed E-state index contributed by atoms with van der Waals surface area (Å²) in [4.78, 5) is 10.9. The lowest BCUT2D eigenvalue weighted by Gasteiger charge is -2.09. The van der Waals surface area contributed by atoms with Gasteiger partial charge in [-0.25, -0.2) is 0 Å². The smallest absolute Gasteiger partial charge is 0.132 e. The predicted molar refractivity (Wildman–Crippen MR) is 54.7 cm³/mol. The third kappa shape index (κ3) is 7.97. The number of hydrogen-bond acceptors (Lipinski definition) is 2. The van der Waals surface area contributed by atoms with Crippen molar-refractivity contribution in [3.05, 3.63) is 0 Å². The van der Waals surface area contributed by atoms with Crippen LogP contribution >= 0.6 is 0 Å². The van der Waals surface area contributed by atoms with Crippen molar-refractivity contribution in [3.63, 3.8) is 0 Å². The fourth-order valence-corrected chi connectivity index (χ4v) is 0.884. The van der Waals surface area contributed by atoms with Crippen LogP contribution in [-0.2, 0) is 9.53 Å². The van der Waals surface area contributed by atoms with E-state index in [0.717, 1.165) is 19.4 Å². The van der Waals surface area contributed by atoms with E-state index >= 15 is 0 Å². The number of ketones is 1. The molecule has 0 aromatic rings. The number of ether oxygens (including phenoxy) is 1. The SMILES string of the molecule is CC(=O)C(C)CCOCCC(C)C. The molecule has 0 radical (unpaired) electrons. The molecule has 0 saturated carbocycles. The lowest BCUT2D eigenvalue weighted by Crippen LogP contribution is -2.10. The van der Waals surface area contributed by atoms with Gasteiger partial charge in [-0.3, -0.25) is 4.79 Å². The third-order valence-electron chi connectivity index (χ3n) is 2.23. The van der Waals surface area contributed by atoms with Crippen LogP contribution < -0.4 is 0 Å². The van der Waals surface area contributed by atoms with E-state index < -0.39 is 0 Å². The maximum atomic E-state index is 10.9. The molecule has 0 saturated heterocycles. The van der Waals surface area contributed by atoms with E-state index in [1.54, 1.807) is 6.92 Å². The number of rotatable bonds is 7. The summed E-state index contributed by atoms with van der Waals surface area (Å²) in [5, 5.41) is 0. The summed E-state index contributed by atoms with van der Waals surface area (Å²) in [6.45, 7) is 9.49. The van der Waals surface area contributed by atoms with Gasteiger partial charge in [-0.15, -0.1) is 0 Å². The molecule has 0 aliphatic carbocycles. The number of carbonyl (C=O) groups is 1. The van der Waals surface area contributed by atoms with E-state index in [1.165, 1.54) is 0 Å². The van der Waals surface area contributed by atoms with Crippen LogP contribution in [0.5, 0.6) is 0 Å². The van der Waals surface area contributed by atoms with Crippen LogP contribution in [0.4, 0.5) is 0 Å². The summed E-state index contributed by atoms with van der Waals surface area (Å²) in [7, 11) is 0. The summed E-state index contributed by atoms with van der Waals surface area (Å²) in [5.41, 5.74) is 0. The Morgan fingerprint density at radius 3 is 2.15 bits per heavy atom. The fourth-order valence-electron chi connectivity index (χ4n) is 0.884. The molecule has 0 aromatic heterocycles. The van der Waals surface area contributed by atoms with Crippen LogP contribution in [0.25, 0.3) is 0 Å². The van der Waals surface area contributed by atoms with E-state index in [1.807, 2.05) is 6.92 Å². The van der Waals surface area contributed by atoms with Gasteiger partial charge in [0.05, 0.1) is 0 Å². The molecule has 13 heavy (non-hydrogen) atoms. The van der Waals surface area contributed by atoms with Crippen molar-refractivity contribution in [1.29, 1.82) is 0 Å². The number of Topliss-reactive ketones (excluding diaryl/α,β-unsaturated/α-hetero) is 1. The van der Waals surface area contributed by atoms with Gasteiger partial charge in [0, 0.05) is 19.1 Å². The average molecular weight is 186 g/mol. The fraction of sp³-hybridized carbons (Fsp3) is 0.909. The topological polar surface area (TPSA) is 26.3 Å². The lowest BCUT2D eigenvalue weighted by molar-refractivity contribution is -0.120. The minimum Gasteiger partial charge on any atom is -0.381 e. The molecule has 0 rings (SSSR count). The molecule has 2 heteroatoms. The highest BCUT2D eigenvalue weighted by Gasteiger charge is 2.06. The van der Waals surface area contributed by atoms with Gasteiger partial charge in [-0.1, -0.05) is 20.8 Å². The minimum absolute atomic E-state index is 0.152. The van der Waals surface area contributed by atoms with Crippen molar-refractivity contribution < 1.29 is 9.53 Å². The molecule has 1 unspecified atom stereocenters. The van der Waals surface area contributed by atoms with Crippen LogP contribution in [-0.4, -0.2) is 19.0 Å². The first-order valence-electron chi connectivity index (χ1n) is 5.12. The van der Waals surface area contributed by atoms with Gasteiger partial charge in [0.2, 0.25) is 0 Å². The Labute approximate surface area is 81.7 Å². The van der Waals surface area contributed by atoms with Gasteiger partial charge in [-0.2, -0.15) is 0 Å². The average Bonchev–Trinajstić information content (AvgIpc) is 2.02. The largest absolute Gasteiger partial charge is 0.381 e. The monoisotopic (exact) mass is 186 g/mol. The third-order valence-corrected chi connectivity index (χ3v) is 2.23. The molecule has 0 fully saturated rings. The van der Waals surface area contributed by atoms with Crippen LogP contribution in [0, 0.1) is 11.8 Å². The van der Waals surface area contributed by atoms with Crippen molar-refractivity contribution in [3.8, 4) is 0 Å². The Bertz CT molecular complexity index is 141. The summed E-state index contributed by atoms with van der Waals surface area (Å²) >= 11 is 0. The molecular formula is C11H22O2. The highest BCUT2D eigenvalue weighted by Crippen LogP contribution is 2.04. The van der Waals surface area contributed by atoms with Crippen LogP contribution in [0.15, 0.2) is 0 Å². The van der Waals surface area contributed by atoms with Crippen LogP contribution in [0.3, 0.4) is 0 Å². The van der Waals surface area contributed by atoms with Crippen molar-refractivity contribution >= 4 is 5.78 Å². The van der Waals surface area contributed by atoms with Gasteiger partial charge in [0.1, 0.15) is 5.78 Å². The van der Waals surface area contributed by atoms with E-state index in [0.29, 0.717) is 12.5 Å². The predicted octanol–water partition coefficient (Wildman–Crippen LogP) is 2.66. The van der Waals surface area contributed by atoms with Crippen molar-refractivity contribution in [2.45, 2.75) is 40.5 Å². The van der Waals surface area contributed by atoms with Crippen molar-refractivity contribution in [2.75, 3.05) is 13.2 Å². The lowest BCUT2D eigenvalue weighted by atomic mass is 10.1. The molecule has 1 atom stereocenters. The Morgan fingerprint density at radius 1 is 1.15 bits per heavy atom. The van der Waals surface area contributed by atoms with Gasteiger partial charge < -0.3 is 4.74 Å². The highest BCUT2D eigenvalue weighted by atomic mass is 16.5. The molecule has 0 aliphatic rings. The second-order valence-corrected chi connectivity index (χ2v) is 4.10. The molecule has 0 heterocycles. The molecule has 0 amide bonds. The molecule has 0 spiro atoms. The first-order valence-corrected chi connectivity index (χ1v) is 5.12. The zero-order valence-corrected chi connectivity index (χ0v) is 9.30. The Balaban J connectivity index is 3.21. The molecule has 0 N–H and O–H groups in total. The quantitative estimate of drug-likeness (QED) is 0.571. The summed E-state index contributed by atoms with van der Waals surface area (Å²) in [5.74, 6) is 1.11. The number of carbonyl (C=O) groups excluding carboxylic acids is 1. The zero-order chi connectivity index (χ0) is 10.3. The standard InChI is InChI=1S/C11H22O2/c1-9(2)5-7-13-8-6-10(3)11(4)12/h9-10H,5-8H2,1-4H3. The molecular weight excluding hydrogens is 164 g/mol. The molecule has 0 aliphatic heterocycles. The van der Waals surface area contributed by atoms with Crippen molar-refractivity contribution in [1.82, 2.24) is 0 Å². The van der Waals surface area contributed by atoms with Crippen LogP contribution in [0.1, 0.15) is 40.5 Å². The Morgan fingerprint density at radius 2 is 1.69 bits per heavy atom. The van der Waals surface area contributed by atoms with E-state index in [4.69, 9.17) is 4.74 Å². The van der Waals surface area contributed by atoms with Crippen LogP contribution in [0.2, 0.25) is 0 Å². The maximum Gasteiger partial charge on any atom is 0.132 e. The normalized spacial score (nSPS) is 13.3. The maximum absolute atomic E-state index is 10.9. The second-order valence-electron chi connectivity index (χ2n) is 4.10. The minimum atomic E-state index is 0.152. The second kappa shape index (κ2) is 7.07. The van der Waals surface area contributed by atoms with Crippen molar-refractivity contribution in [2.24, 2.45) is 11.8 Å². The number of hydrogen-bond donors (Lipinski definition) is 0. The van der Waals surface area contributed by atoms with Gasteiger partial charge in [-0.05, 0) is 25.7 Å². The van der Waals surface area contributed by atoms with E-state index in [-0.39, 0.29) is 11.7 Å². The molecule has 2 nitrogen and oxygen atoms in total. The van der Waals surface area contributed by atoms with Gasteiger partial charge in [0.15, 0.2) is 0 Å². The molecule has 0 aromatic carbocycles. The zero-order valence-electron chi connectivity index (χ0n) is 9.30. The highest BCUT2D eigenvalue weighted by molar-refractivity contribution is 5.77. The Hall–Kier alpha value is -0.370. The summed E-state index contributed by atoms with van der Waals surface area (Å²) in [6.07, 6.45) is 1.96. The van der Waals surface area contributed by atoms with Gasteiger partial charge >= 0.3 is 0 Å². The molecule has 0 bridgehead atoms. The van der Waals surface area contributed by atoms with E-state index in [2.05, 4.69) is 13.8 Å².